The van der Waals surface area contributed by atoms with E-state index in [1.54, 1.807) is 6.92 Å². The molecule has 0 amide bonds. The normalized spacial score (nSPS) is 16.9. The van der Waals surface area contributed by atoms with Crippen molar-refractivity contribution in [3.8, 4) is 0 Å². The minimum Gasteiger partial charge on any atom is -0.402 e. The third kappa shape index (κ3) is 3.45. The fraction of sp³-hybridized carbons (Fsp3) is 0.667. The van der Waals surface area contributed by atoms with Crippen LogP contribution in [0.1, 0.15) is 20.8 Å². The molecule has 0 aromatic rings. The summed E-state index contributed by atoms with van der Waals surface area (Å²) >= 11 is 0. The van der Waals surface area contributed by atoms with Crippen molar-refractivity contribution in [1.29, 1.82) is 0 Å². The molecule has 0 rings (SSSR count). The summed E-state index contributed by atoms with van der Waals surface area (Å²) in [6, 6.07) is 0. The van der Waals surface area contributed by atoms with E-state index < -0.39 is 18.0 Å². The number of carbonyl (C=O) groups is 1. The number of carbonyl (C=O) groups excluding carboxylic acids is 1. The standard InChI is InChI=1S/C9H16O5/c1-5-13-9(12,7(4)10)14-8(11)6(2)3/h7,10,12H,2,5H2,1,3-4H3. The van der Waals surface area contributed by atoms with Gasteiger partial charge in [0.05, 0.1) is 6.61 Å². The first-order valence-electron chi connectivity index (χ1n) is 4.26. The van der Waals surface area contributed by atoms with E-state index in [4.69, 9.17) is 9.84 Å². The maximum absolute atomic E-state index is 11.1. The lowest BCUT2D eigenvalue weighted by Crippen LogP contribution is -2.47. The van der Waals surface area contributed by atoms with Gasteiger partial charge in [0.2, 0.25) is 0 Å². The van der Waals surface area contributed by atoms with Crippen molar-refractivity contribution < 1.29 is 24.5 Å². The number of esters is 1. The number of ether oxygens (including phenoxy) is 2. The largest absolute Gasteiger partial charge is 0.402 e. The molecule has 0 bridgehead atoms. The number of hydrogen-bond donors (Lipinski definition) is 2. The molecule has 0 aliphatic rings. The molecule has 2 N–H and O–H groups in total. The first-order valence-corrected chi connectivity index (χ1v) is 4.26. The molecule has 5 heteroatoms. The van der Waals surface area contributed by atoms with E-state index in [-0.39, 0.29) is 12.2 Å². The van der Waals surface area contributed by atoms with Crippen molar-refractivity contribution in [2.24, 2.45) is 0 Å². The summed E-state index contributed by atoms with van der Waals surface area (Å²) in [5, 5.41) is 18.7. The SMILES string of the molecule is C=C(C)C(=O)OC(O)(OCC)C(C)O. The summed E-state index contributed by atoms with van der Waals surface area (Å²) in [7, 11) is 0. The molecule has 14 heavy (non-hydrogen) atoms. The second-order valence-corrected chi connectivity index (χ2v) is 2.91. The van der Waals surface area contributed by atoms with E-state index in [1.165, 1.54) is 13.8 Å². The van der Waals surface area contributed by atoms with Crippen LogP contribution in [-0.4, -0.2) is 34.9 Å². The van der Waals surface area contributed by atoms with Gasteiger partial charge in [-0.3, -0.25) is 0 Å². The molecular weight excluding hydrogens is 188 g/mol. The quantitative estimate of drug-likeness (QED) is 0.379. The zero-order chi connectivity index (χ0) is 11.4. The van der Waals surface area contributed by atoms with E-state index >= 15 is 0 Å². The number of aliphatic hydroxyl groups excluding tert-OH is 1. The van der Waals surface area contributed by atoms with Crippen LogP contribution in [0.25, 0.3) is 0 Å². The summed E-state index contributed by atoms with van der Waals surface area (Å²) in [4.78, 5) is 11.1. The number of aliphatic hydroxyl groups is 2. The molecule has 0 saturated carbocycles. The van der Waals surface area contributed by atoms with Crippen LogP contribution in [0.15, 0.2) is 12.2 Å². The second-order valence-electron chi connectivity index (χ2n) is 2.91. The molecule has 0 spiro atoms. The van der Waals surface area contributed by atoms with Gasteiger partial charge >= 0.3 is 11.9 Å². The van der Waals surface area contributed by atoms with Gasteiger partial charge in [0.1, 0.15) is 6.10 Å². The van der Waals surface area contributed by atoms with Crippen LogP contribution in [0.4, 0.5) is 0 Å². The molecule has 2 unspecified atom stereocenters. The van der Waals surface area contributed by atoms with E-state index in [0.29, 0.717) is 0 Å². The summed E-state index contributed by atoms with van der Waals surface area (Å²) < 4.78 is 9.28. The van der Waals surface area contributed by atoms with E-state index in [9.17, 15) is 9.90 Å². The Morgan fingerprint density at radius 2 is 2.14 bits per heavy atom. The molecule has 0 aromatic heterocycles. The van der Waals surface area contributed by atoms with Gasteiger partial charge in [-0.05, 0) is 20.8 Å². The first kappa shape index (κ1) is 13.1. The molecule has 2 atom stereocenters. The van der Waals surface area contributed by atoms with Crippen LogP contribution in [-0.2, 0) is 14.3 Å². The molecule has 0 heterocycles. The van der Waals surface area contributed by atoms with Crippen molar-refractivity contribution in [1.82, 2.24) is 0 Å². The number of rotatable bonds is 5. The Labute approximate surface area is 82.9 Å². The van der Waals surface area contributed by atoms with Gasteiger partial charge in [0.15, 0.2) is 0 Å². The molecule has 82 valence electrons. The Morgan fingerprint density at radius 3 is 2.43 bits per heavy atom. The average Bonchev–Trinajstić information content (AvgIpc) is 2.03. The van der Waals surface area contributed by atoms with Crippen LogP contribution < -0.4 is 0 Å². The minimum atomic E-state index is -2.30. The van der Waals surface area contributed by atoms with Crippen molar-refractivity contribution in [2.75, 3.05) is 6.61 Å². The van der Waals surface area contributed by atoms with Gasteiger partial charge in [-0.1, -0.05) is 6.58 Å². The average molecular weight is 204 g/mol. The molecule has 5 nitrogen and oxygen atoms in total. The molecule has 0 aromatic carbocycles. The first-order chi connectivity index (χ1) is 6.33. The van der Waals surface area contributed by atoms with Gasteiger partial charge < -0.3 is 19.7 Å². The lowest BCUT2D eigenvalue weighted by Gasteiger charge is -2.29. The Kier molecular flexibility index (Phi) is 4.76. The Morgan fingerprint density at radius 1 is 1.64 bits per heavy atom. The predicted molar refractivity (Wildman–Crippen MR) is 49.2 cm³/mol. The maximum atomic E-state index is 11.1. The van der Waals surface area contributed by atoms with Crippen molar-refractivity contribution in [3.63, 3.8) is 0 Å². The Balaban J connectivity index is 4.52. The Hall–Kier alpha value is -0.910. The minimum absolute atomic E-state index is 0.102. The molecule has 0 fully saturated rings. The van der Waals surface area contributed by atoms with Crippen LogP contribution in [0.5, 0.6) is 0 Å². The zero-order valence-corrected chi connectivity index (χ0v) is 8.61. The molecule has 0 radical (unpaired) electrons. The molecule has 0 saturated heterocycles. The van der Waals surface area contributed by atoms with Crippen molar-refractivity contribution in [2.45, 2.75) is 32.8 Å². The van der Waals surface area contributed by atoms with Crippen LogP contribution in [0.3, 0.4) is 0 Å². The monoisotopic (exact) mass is 204 g/mol. The summed E-state index contributed by atoms with van der Waals surface area (Å²) in [6.07, 6.45) is -1.34. The third-order valence-corrected chi connectivity index (χ3v) is 1.47. The molecule has 0 aliphatic heterocycles. The van der Waals surface area contributed by atoms with E-state index in [0.717, 1.165) is 0 Å². The third-order valence-electron chi connectivity index (χ3n) is 1.47. The highest BCUT2D eigenvalue weighted by Gasteiger charge is 2.38. The molecule has 0 aliphatic carbocycles. The summed E-state index contributed by atoms with van der Waals surface area (Å²) in [5.41, 5.74) is 0.115. The van der Waals surface area contributed by atoms with Gasteiger partial charge in [0.25, 0.3) is 0 Å². The smallest absolute Gasteiger partial charge is 0.354 e. The maximum Gasteiger partial charge on any atom is 0.354 e. The topological polar surface area (TPSA) is 76.0 Å². The van der Waals surface area contributed by atoms with Gasteiger partial charge in [-0.25, -0.2) is 4.79 Å². The lowest BCUT2D eigenvalue weighted by atomic mass is 10.3. The van der Waals surface area contributed by atoms with Gasteiger partial charge in [0, 0.05) is 5.57 Å². The van der Waals surface area contributed by atoms with Crippen LogP contribution in [0, 0.1) is 0 Å². The molecular formula is C9H16O5. The fourth-order valence-electron chi connectivity index (χ4n) is 0.662. The lowest BCUT2D eigenvalue weighted by molar-refractivity contribution is -0.372. The zero-order valence-electron chi connectivity index (χ0n) is 8.61. The summed E-state index contributed by atoms with van der Waals surface area (Å²) in [5.74, 6) is -3.12. The number of hydrogen-bond acceptors (Lipinski definition) is 5. The van der Waals surface area contributed by atoms with E-state index in [2.05, 4.69) is 11.3 Å². The highest BCUT2D eigenvalue weighted by atomic mass is 16.8. The predicted octanol–water partition coefficient (Wildman–Crippen LogP) is 0.169. The second kappa shape index (κ2) is 5.09. The van der Waals surface area contributed by atoms with Crippen LogP contribution >= 0.6 is 0 Å². The highest BCUT2D eigenvalue weighted by Crippen LogP contribution is 2.16. The van der Waals surface area contributed by atoms with Crippen molar-refractivity contribution in [3.05, 3.63) is 12.2 Å². The highest BCUT2D eigenvalue weighted by molar-refractivity contribution is 5.87. The summed E-state index contributed by atoms with van der Waals surface area (Å²) in [6.45, 7) is 7.72. The van der Waals surface area contributed by atoms with Gasteiger partial charge in [-0.15, -0.1) is 0 Å². The Bertz CT molecular complexity index is 223. The van der Waals surface area contributed by atoms with Gasteiger partial charge in [-0.2, -0.15) is 0 Å². The van der Waals surface area contributed by atoms with Crippen molar-refractivity contribution >= 4 is 5.97 Å². The van der Waals surface area contributed by atoms with E-state index in [1.807, 2.05) is 0 Å². The van der Waals surface area contributed by atoms with Crippen LogP contribution in [0.2, 0.25) is 0 Å². The fourth-order valence-corrected chi connectivity index (χ4v) is 0.662.